The molecule has 1 aromatic heterocycles. The van der Waals surface area contributed by atoms with Crippen LogP contribution in [0.3, 0.4) is 0 Å². The highest BCUT2D eigenvalue weighted by Gasteiger charge is 2.06. The van der Waals surface area contributed by atoms with Crippen molar-refractivity contribution in [1.29, 1.82) is 0 Å². The van der Waals surface area contributed by atoms with Crippen LogP contribution >= 0.6 is 0 Å². The summed E-state index contributed by atoms with van der Waals surface area (Å²) in [5.74, 6) is 0. The molecule has 16 heavy (non-hydrogen) atoms. The fourth-order valence-corrected chi connectivity index (χ4v) is 1.63. The molecule has 0 amide bonds. The standard InChI is InChI=1S/C12H16N4/c1-3-13-8-11-9-14-15-16(11)12-7-5-4-6-10(12)2/h4-7,9,13H,3,8H2,1-2H3. The lowest BCUT2D eigenvalue weighted by Crippen LogP contribution is -2.15. The Morgan fingerprint density at radius 3 is 2.88 bits per heavy atom. The van der Waals surface area contributed by atoms with Crippen molar-refractivity contribution < 1.29 is 0 Å². The number of benzene rings is 1. The molecule has 0 bridgehead atoms. The average molecular weight is 216 g/mol. The summed E-state index contributed by atoms with van der Waals surface area (Å²) in [6.07, 6.45) is 1.80. The van der Waals surface area contributed by atoms with Crippen LogP contribution < -0.4 is 5.32 Å². The van der Waals surface area contributed by atoms with E-state index in [2.05, 4.69) is 41.6 Å². The van der Waals surface area contributed by atoms with Gasteiger partial charge in [0.2, 0.25) is 0 Å². The molecule has 0 radical (unpaired) electrons. The van der Waals surface area contributed by atoms with Crippen LogP contribution in [-0.4, -0.2) is 21.5 Å². The number of para-hydroxylation sites is 1. The molecule has 1 aromatic carbocycles. The van der Waals surface area contributed by atoms with E-state index in [1.807, 2.05) is 16.8 Å². The predicted molar refractivity (Wildman–Crippen MR) is 63.5 cm³/mol. The smallest absolute Gasteiger partial charge is 0.0783 e. The zero-order valence-electron chi connectivity index (χ0n) is 9.64. The van der Waals surface area contributed by atoms with Gasteiger partial charge in [-0.05, 0) is 25.1 Å². The van der Waals surface area contributed by atoms with Crippen molar-refractivity contribution in [2.24, 2.45) is 0 Å². The van der Waals surface area contributed by atoms with Gasteiger partial charge in [0.25, 0.3) is 0 Å². The van der Waals surface area contributed by atoms with Crippen LogP contribution in [0, 0.1) is 6.92 Å². The van der Waals surface area contributed by atoms with Gasteiger partial charge in [-0.1, -0.05) is 30.3 Å². The van der Waals surface area contributed by atoms with Gasteiger partial charge in [0.15, 0.2) is 0 Å². The van der Waals surface area contributed by atoms with Crippen molar-refractivity contribution in [3.8, 4) is 5.69 Å². The number of hydrogen-bond acceptors (Lipinski definition) is 3. The van der Waals surface area contributed by atoms with Gasteiger partial charge in [0, 0.05) is 6.54 Å². The number of aryl methyl sites for hydroxylation is 1. The molecule has 0 aliphatic carbocycles. The summed E-state index contributed by atoms with van der Waals surface area (Å²) < 4.78 is 1.89. The van der Waals surface area contributed by atoms with E-state index in [1.54, 1.807) is 6.20 Å². The SMILES string of the molecule is CCNCc1cnnn1-c1ccccc1C. The summed E-state index contributed by atoms with van der Waals surface area (Å²) in [4.78, 5) is 0. The molecule has 2 aromatic rings. The van der Waals surface area contributed by atoms with Gasteiger partial charge in [-0.2, -0.15) is 0 Å². The van der Waals surface area contributed by atoms with Crippen LogP contribution in [0.4, 0.5) is 0 Å². The second-order valence-corrected chi connectivity index (χ2v) is 3.70. The number of nitrogens with one attached hydrogen (secondary N) is 1. The van der Waals surface area contributed by atoms with Crippen LogP contribution in [0.1, 0.15) is 18.2 Å². The molecule has 0 fully saturated rings. The average Bonchev–Trinajstić information content (AvgIpc) is 2.75. The summed E-state index contributed by atoms with van der Waals surface area (Å²) in [7, 11) is 0. The van der Waals surface area contributed by atoms with Crippen LogP contribution in [0.2, 0.25) is 0 Å². The molecular formula is C12H16N4. The summed E-state index contributed by atoms with van der Waals surface area (Å²) >= 11 is 0. The molecule has 4 heteroatoms. The number of rotatable bonds is 4. The number of hydrogen-bond donors (Lipinski definition) is 1. The van der Waals surface area contributed by atoms with E-state index in [9.17, 15) is 0 Å². The third kappa shape index (κ3) is 2.12. The van der Waals surface area contributed by atoms with Crippen LogP contribution in [0.5, 0.6) is 0 Å². The van der Waals surface area contributed by atoms with Crippen molar-refractivity contribution in [1.82, 2.24) is 20.3 Å². The molecule has 1 N–H and O–H groups in total. The lowest BCUT2D eigenvalue weighted by Gasteiger charge is -2.08. The minimum absolute atomic E-state index is 0.790. The molecule has 0 unspecified atom stereocenters. The van der Waals surface area contributed by atoms with Gasteiger partial charge >= 0.3 is 0 Å². The summed E-state index contributed by atoms with van der Waals surface area (Å²) in [6, 6.07) is 8.17. The maximum Gasteiger partial charge on any atom is 0.0783 e. The Kier molecular flexibility index (Phi) is 3.31. The van der Waals surface area contributed by atoms with Gasteiger partial charge < -0.3 is 5.32 Å². The van der Waals surface area contributed by atoms with Gasteiger partial charge in [0.05, 0.1) is 17.6 Å². The Labute approximate surface area is 95.3 Å². The lowest BCUT2D eigenvalue weighted by atomic mass is 10.2. The minimum atomic E-state index is 0.790. The largest absolute Gasteiger partial charge is 0.311 e. The highest BCUT2D eigenvalue weighted by Crippen LogP contribution is 2.13. The Balaban J connectivity index is 2.33. The Bertz CT molecular complexity index is 462. The second-order valence-electron chi connectivity index (χ2n) is 3.70. The quantitative estimate of drug-likeness (QED) is 0.845. The summed E-state index contributed by atoms with van der Waals surface area (Å²) in [6.45, 7) is 5.90. The predicted octanol–water partition coefficient (Wildman–Crippen LogP) is 1.69. The van der Waals surface area contributed by atoms with Crippen molar-refractivity contribution in [3.63, 3.8) is 0 Å². The zero-order valence-corrected chi connectivity index (χ0v) is 9.64. The first-order valence-electron chi connectivity index (χ1n) is 5.49. The highest BCUT2D eigenvalue weighted by molar-refractivity contribution is 5.39. The van der Waals surface area contributed by atoms with E-state index < -0.39 is 0 Å². The maximum absolute atomic E-state index is 4.13. The second kappa shape index (κ2) is 4.90. The molecular weight excluding hydrogens is 200 g/mol. The summed E-state index contributed by atoms with van der Waals surface area (Å²) in [5.41, 5.74) is 3.37. The van der Waals surface area contributed by atoms with Gasteiger partial charge in [-0.25, -0.2) is 4.68 Å². The number of aromatic nitrogens is 3. The first kappa shape index (κ1) is 10.8. The molecule has 2 rings (SSSR count). The lowest BCUT2D eigenvalue weighted by molar-refractivity contribution is 0.671. The molecule has 0 atom stereocenters. The first-order valence-corrected chi connectivity index (χ1v) is 5.49. The Morgan fingerprint density at radius 1 is 1.31 bits per heavy atom. The minimum Gasteiger partial charge on any atom is -0.311 e. The molecule has 0 saturated carbocycles. The normalized spacial score (nSPS) is 10.6. The van der Waals surface area contributed by atoms with E-state index >= 15 is 0 Å². The molecule has 1 heterocycles. The Morgan fingerprint density at radius 2 is 2.12 bits per heavy atom. The fourth-order valence-electron chi connectivity index (χ4n) is 1.63. The van der Waals surface area contributed by atoms with Crippen LogP contribution in [0.25, 0.3) is 5.69 Å². The van der Waals surface area contributed by atoms with Crippen molar-refractivity contribution in [2.75, 3.05) is 6.54 Å². The third-order valence-corrected chi connectivity index (χ3v) is 2.52. The molecule has 84 valence electrons. The van der Waals surface area contributed by atoms with Crippen LogP contribution in [0.15, 0.2) is 30.5 Å². The molecule has 0 spiro atoms. The maximum atomic E-state index is 4.13. The fraction of sp³-hybridized carbons (Fsp3) is 0.333. The van der Waals surface area contributed by atoms with Crippen molar-refractivity contribution in [2.45, 2.75) is 20.4 Å². The van der Waals surface area contributed by atoms with E-state index in [1.165, 1.54) is 5.56 Å². The van der Waals surface area contributed by atoms with Gasteiger partial charge in [-0.3, -0.25) is 0 Å². The van der Waals surface area contributed by atoms with E-state index in [-0.39, 0.29) is 0 Å². The van der Waals surface area contributed by atoms with Crippen molar-refractivity contribution >= 4 is 0 Å². The molecule has 4 nitrogen and oxygen atoms in total. The van der Waals surface area contributed by atoms with Gasteiger partial charge in [0.1, 0.15) is 0 Å². The van der Waals surface area contributed by atoms with Crippen molar-refractivity contribution in [3.05, 3.63) is 41.7 Å². The van der Waals surface area contributed by atoms with E-state index in [4.69, 9.17) is 0 Å². The monoisotopic (exact) mass is 216 g/mol. The first-order chi connectivity index (χ1) is 7.83. The molecule has 0 saturated heterocycles. The van der Waals surface area contributed by atoms with Crippen LogP contribution in [-0.2, 0) is 6.54 Å². The number of nitrogens with zero attached hydrogens (tertiary/aromatic N) is 3. The molecule has 0 aliphatic heterocycles. The molecule has 0 aliphatic rings. The summed E-state index contributed by atoms with van der Waals surface area (Å²) in [5, 5.41) is 11.4. The van der Waals surface area contributed by atoms with E-state index in [0.717, 1.165) is 24.5 Å². The highest BCUT2D eigenvalue weighted by atomic mass is 15.4. The zero-order chi connectivity index (χ0) is 11.4. The van der Waals surface area contributed by atoms with Gasteiger partial charge in [-0.15, -0.1) is 5.10 Å². The van der Waals surface area contributed by atoms with E-state index in [0.29, 0.717) is 0 Å². The topological polar surface area (TPSA) is 42.7 Å². The Hall–Kier alpha value is -1.68. The third-order valence-electron chi connectivity index (χ3n) is 2.52.